The zero-order valence-electron chi connectivity index (χ0n) is 15.1. The molecule has 4 aliphatic carbocycles. The van der Waals surface area contributed by atoms with Crippen LogP contribution in [0.4, 0.5) is 5.82 Å². The first kappa shape index (κ1) is 17.3. The van der Waals surface area contributed by atoms with E-state index in [4.69, 9.17) is 16.3 Å². The second-order valence-electron chi connectivity index (χ2n) is 7.93. The van der Waals surface area contributed by atoms with E-state index in [1.165, 1.54) is 6.42 Å². The Balaban J connectivity index is 1.53. The van der Waals surface area contributed by atoms with Gasteiger partial charge >= 0.3 is 5.97 Å². The lowest BCUT2D eigenvalue weighted by Crippen LogP contribution is -2.53. The number of aromatic nitrogens is 3. The predicted octanol–water partition coefficient (Wildman–Crippen LogP) is 2.51. The number of aliphatic hydroxyl groups excluding tert-OH is 1. The molecule has 27 heavy (non-hydrogen) atoms. The number of hydrogen-bond donors (Lipinski definition) is 2. The number of nitrogens with zero attached hydrogens (tertiary/aromatic N) is 3. The molecule has 6 rings (SSSR count). The Morgan fingerprint density at radius 2 is 2.11 bits per heavy atom. The van der Waals surface area contributed by atoms with Gasteiger partial charge in [0.1, 0.15) is 5.52 Å². The first-order chi connectivity index (χ1) is 13.1. The fourth-order valence-electron chi connectivity index (χ4n) is 5.62. The second kappa shape index (κ2) is 6.34. The molecular formula is C19H23ClN4O3. The zero-order valence-corrected chi connectivity index (χ0v) is 15.9. The molecular weight excluding hydrogens is 368 g/mol. The van der Waals surface area contributed by atoms with Crippen molar-refractivity contribution in [3.63, 3.8) is 0 Å². The molecule has 8 heteroatoms. The first-order valence-corrected chi connectivity index (χ1v) is 10.1. The van der Waals surface area contributed by atoms with Crippen LogP contribution in [0.5, 0.6) is 0 Å². The number of carbonyl (C=O) groups excluding carboxylic acids is 1. The van der Waals surface area contributed by atoms with E-state index in [2.05, 4.69) is 15.4 Å². The third kappa shape index (κ3) is 2.63. The maximum atomic E-state index is 12.8. The minimum Gasteiger partial charge on any atom is -0.466 e. The van der Waals surface area contributed by atoms with Crippen LogP contribution in [0.15, 0.2) is 12.1 Å². The van der Waals surface area contributed by atoms with Gasteiger partial charge in [0.2, 0.25) is 5.28 Å². The van der Waals surface area contributed by atoms with Crippen LogP contribution in [0.1, 0.15) is 31.9 Å². The van der Waals surface area contributed by atoms with Crippen molar-refractivity contribution in [2.75, 3.05) is 11.9 Å². The summed E-state index contributed by atoms with van der Waals surface area (Å²) < 4.78 is 7.03. The average molecular weight is 391 g/mol. The highest BCUT2D eigenvalue weighted by Crippen LogP contribution is 2.64. The topological polar surface area (TPSA) is 88.8 Å². The Morgan fingerprint density at radius 1 is 1.33 bits per heavy atom. The van der Waals surface area contributed by atoms with Gasteiger partial charge in [-0.1, -0.05) is 0 Å². The molecule has 0 radical (unpaired) electrons. The summed E-state index contributed by atoms with van der Waals surface area (Å²) in [6, 6.07) is 3.66. The highest BCUT2D eigenvalue weighted by molar-refractivity contribution is 6.28. The molecule has 7 nitrogen and oxygen atoms in total. The number of halogens is 1. The summed E-state index contributed by atoms with van der Waals surface area (Å²) in [5.41, 5.74) is 1.39. The van der Waals surface area contributed by atoms with Gasteiger partial charge in [-0.25, -0.2) is 4.52 Å². The van der Waals surface area contributed by atoms with E-state index >= 15 is 0 Å². The molecule has 4 fully saturated rings. The SMILES string of the molecule is CCOC(=O)[C@H]1[C@H](Nc2nc(Cl)nn3c(CO)ccc23)[C@@H]2CC[C@H]1C1CC12. The summed E-state index contributed by atoms with van der Waals surface area (Å²) >= 11 is 6.14. The van der Waals surface area contributed by atoms with Gasteiger partial charge in [0.05, 0.1) is 24.8 Å². The van der Waals surface area contributed by atoms with Gasteiger partial charge in [-0.05, 0) is 73.6 Å². The third-order valence-electron chi connectivity index (χ3n) is 6.72. The number of esters is 1. The van der Waals surface area contributed by atoms with Crippen molar-refractivity contribution in [2.45, 2.75) is 38.8 Å². The van der Waals surface area contributed by atoms with Crippen LogP contribution in [0, 0.1) is 29.6 Å². The van der Waals surface area contributed by atoms with Crippen LogP contribution in [0.3, 0.4) is 0 Å². The van der Waals surface area contributed by atoms with Crippen molar-refractivity contribution in [3.8, 4) is 0 Å². The van der Waals surface area contributed by atoms with Crippen LogP contribution in [0.2, 0.25) is 5.28 Å². The minimum absolute atomic E-state index is 0.00575. The molecule has 2 unspecified atom stereocenters. The number of nitrogens with one attached hydrogen (secondary N) is 1. The molecule has 4 saturated carbocycles. The quantitative estimate of drug-likeness (QED) is 0.762. The van der Waals surface area contributed by atoms with Crippen molar-refractivity contribution < 1.29 is 14.6 Å². The lowest BCUT2D eigenvalue weighted by Gasteiger charge is -2.47. The van der Waals surface area contributed by atoms with Crippen LogP contribution < -0.4 is 5.32 Å². The van der Waals surface area contributed by atoms with Crippen LogP contribution in [-0.2, 0) is 16.1 Å². The van der Waals surface area contributed by atoms with E-state index in [1.54, 1.807) is 10.6 Å². The van der Waals surface area contributed by atoms with Gasteiger partial charge < -0.3 is 15.2 Å². The highest BCUT2D eigenvalue weighted by atomic mass is 35.5. The van der Waals surface area contributed by atoms with E-state index in [0.717, 1.165) is 18.4 Å². The van der Waals surface area contributed by atoms with Crippen molar-refractivity contribution in [3.05, 3.63) is 23.1 Å². The monoisotopic (exact) mass is 390 g/mol. The molecule has 0 saturated heterocycles. The number of anilines is 1. The van der Waals surface area contributed by atoms with E-state index in [1.807, 2.05) is 13.0 Å². The van der Waals surface area contributed by atoms with Crippen LogP contribution in [-0.4, -0.2) is 38.3 Å². The normalized spacial score (nSPS) is 33.7. The summed E-state index contributed by atoms with van der Waals surface area (Å²) in [5, 5.41) is 17.4. The fourth-order valence-corrected chi connectivity index (χ4v) is 5.78. The molecule has 0 amide bonds. The molecule has 2 aromatic rings. The van der Waals surface area contributed by atoms with E-state index in [9.17, 15) is 9.90 Å². The standard InChI is InChI=1S/C19H23ClN4O3/c1-2-27-18(26)15-10-4-5-11(13-7-12(10)13)16(15)21-17-14-6-3-9(8-25)24(14)23-19(20)22-17/h3,6,10-13,15-16,25H,2,4-5,7-8H2,1H3,(H,21,22,23)/t10-,11+,12?,13?,15+,16+/m0/s1. The number of carbonyl (C=O) groups is 1. The molecule has 144 valence electrons. The summed E-state index contributed by atoms with van der Waals surface area (Å²) in [6.07, 6.45) is 3.47. The number of ether oxygens (including phenoxy) is 1. The molecule has 2 heterocycles. The van der Waals surface area contributed by atoms with Crippen molar-refractivity contribution in [1.29, 1.82) is 0 Å². The van der Waals surface area contributed by atoms with Crippen molar-refractivity contribution in [1.82, 2.24) is 14.6 Å². The molecule has 0 spiro atoms. The van der Waals surface area contributed by atoms with Crippen LogP contribution in [0.25, 0.3) is 5.52 Å². The fraction of sp³-hybridized carbons (Fsp3) is 0.632. The van der Waals surface area contributed by atoms with E-state index < -0.39 is 0 Å². The summed E-state index contributed by atoms with van der Waals surface area (Å²) in [5.74, 6) is 2.60. The summed E-state index contributed by atoms with van der Waals surface area (Å²) in [4.78, 5) is 17.2. The molecule has 2 aromatic heterocycles. The minimum atomic E-state index is -0.145. The Labute approximate surface area is 162 Å². The number of hydrogen-bond acceptors (Lipinski definition) is 6. The molecule has 2 N–H and O–H groups in total. The molecule has 0 aromatic carbocycles. The Bertz CT molecular complexity index is 900. The predicted molar refractivity (Wildman–Crippen MR) is 99.3 cm³/mol. The van der Waals surface area contributed by atoms with E-state index in [0.29, 0.717) is 41.8 Å². The maximum absolute atomic E-state index is 12.8. The third-order valence-corrected chi connectivity index (χ3v) is 6.88. The van der Waals surface area contributed by atoms with Gasteiger partial charge in [-0.15, -0.1) is 5.10 Å². The first-order valence-electron chi connectivity index (χ1n) is 9.70. The number of fused-ring (bicyclic) bond motifs is 3. The second-order valence-corrected chi connectivity index (χ2v) is 8.26. The lowest BCUT2D eigenvalue weighted by atomic mass is 9.61. The Hall–Kier alpha value is -1.86. The van der Waals surface area contributed by atoms with Gasteiger partial charge in [-0.2, -0.15) is 4.98 Å². The zero-order chi connectivity index (χ0) is 18.7. The van der Waals surface area contributed by atoms with E-state index in [-0.39, 0.29) is 29.8 Å². The summed E-state index contributed by atoms with van der Waals surface area (Å²) in [6.45, 7) is 2.12. The van der Waals surface area contributed by atoms with Crippen LogP contribution >= 0.6 is 11.6 Å². The van der Waals surface area contributed by atoms with Gasteiger partial charge in [-0.3, -0.25) is 4.79 Å². The molecule has 6 atom stereocenters. The number of rotatable bonds is 5. The average Bonchev–Trinajstić information content (AvgIpc) is 3.38. The number of aliphatic hydroxyl groups is 1. The van der Waals surface area contributed by atoms with Crippen molar-refractivity contribution in [2.24, 2.45) is 29.6 Å². The van der Waals surface area contributed by atoms with Gasteiger partial charge in [0, 0.05) is 6.04 Å². The molecule has 4 aliphatic rings. The summed E-state index contributed by atoms with van der Waals surface area (Å²) in [7, 11) is 0. The lowest BCUT2D eigenvalue weighted by molar-refractivity contribution is -0.155. The Kier molecular flexibility index (Phi) is 4.05. The smallest absolute Gasteiger partial charge is 0.311 e. The van der Waals surface area contributed by atoms with Gasteiger partial charge in [0.15, 0.2) is 5.82 Å². The van der Waals surface area contributed by atoms with Crippen molar-refractivity contribution >= 4 is 28.9 Å². The Morgan fingerprint density at radius 3 is 2.89 bits per heavy atom. The largest absolute Gasteiger partial charge is 0.466 e. The maximum Gasteiger partial charge on any atom is 0.311 e. The van der Waals surface area contributed by atoms with Gasteiger partial charge in [0.25, 0.3) is 0 Å². The molecule has 0 aliphatic heterocycles. The molecule has 2 bridgehead atoms. The highest BCUT2D eigenvalue weighted by Gasteiger charge is 2.63.